The van der Waals surface area contributed by atoms with E-state index in [4.69, 9.17) is 0 Å². The van der Waals surface area contributed by atoms with Crippen molar-refractivity contribution >= 4 is 11.0 Å². The highest BCUT2D eigenvalue weighted by molar-refractivity contribution is 5.77. The van der Waals surface area contributed by atoms with Gasteiger partial charge in [0.25, 0.3) is 0 Å². The number of nitrogens with zero attached hydrogens (tertiary/aromatic N) is 1. The minimum absolute atomic E-state index is 0.0758. The van der Waals surface area contributed by atoms with Crippen LogP contribution in [-0.2, 0) is 0 Å². The van der Waals surface area contributed by atoms with Gasteiger partial charge in [-0.3, -0.25) is 4.57 Å². The molecular weight excluding hydrogens is 180 g/mol. The number of nitrogens with one attached hydrogen (secondary N) is 1. The quantitative estimate of drug-likeness (QED) is 0.713. The Hall–Kier alpha value is -1.71. The summed E-state index contributed by atoms with van der Waals surface area (Å²) >= 11 is 0. The molecular formula is C10H10N2O2. The molecule has 0 unspecified atom stereocenters. The van der Waals surface area contributed by atoms with Crippen LogP contribution in [0.2, 0.25) is 0 Å². The molecule has 1 aliphatic carbocycles. The highest BCUT2D eigenvalue weighted by Gasteiger charge is 2.26. The third-order valence-corrected chi connectivity index (χ3v) is 2.61. The Kier molecular flexibility index (Phi) is 1.32. The first kappa shape index (κ1) is 7.67. The van der Waals surface area contributed by atoms with Gasteiger partial charge in [-0.1, -0.05) is 0 Å². The number of phenolic OH excluding ortho intramolecular Hbond substituents is 1. The first-order valence-corrected chi connectivity index (χ1v) is 4.69. The van der Waals surface area contributed by atoms with Gasteiger partial charge in [-0.2, -0.15) is 0 Å². The molecule has 1 heterocycles. The second-order valence-electron chi connectivity index (χ2n) is 3.73. The molecule has 2 N–H and O–H groups in total. The third kappa shape index (κ3) is 0.968. The van der Waals surface area contributed by atoms with Crippen LogP contribution in [0.1, 0.15) is 18.9 Å². The molecule has 0 radical (unpaired) electrons. The zero-order chi connectivity index (χ0) is 9.71. The average Bonchev–Trinajstić information content (AvgIpc) is 2.89. The lowest BCUT2D eigenvalue weighted by atomic mass is 10.3. The lowest BCUT2D eigenvalue weighted by molar-refractivity contribution is 0.476. The van der Waals surface area contributed by atoms with Crippen LogP contribution >= 0.6 is 0 Å². The van der Waals surface area contributed by atoms with Crippen LogP contribution in [0.5, 0.6) is 5.75 Å². The molecule has 1 aromatic carbocycles. The monoisotopic (exact) mass is 190 g/mol. The van der Waals surface area contributed by atoms with E-state index in [-0.39, 0.29) is 11.4 Å². The fourth-order valence-corrected chi connectivity index (χ4v) is 1.81. The largest absolute Gasteiger partial charge is 0.508 e. The molecule has 72 valence electrons. The summed E-state index contributed by atoms with van der Waals surface area (Å²) in [4.78, 5) is 14.3. The van der Waals surface area contributed by atoms with Crippen LogP contribution in [-0.4, -0.2) is 14.7 Å². The van der Waals surface area contributed by atoms with E-state index in [1.807, 2.05) is 0 Å². The predicted octanol–water partition coefficient (Wildman–Crippen LogP) is 1.37. The van der Waals surface area contributed by atoms with Crippen molar-refractivity contribution in [3.05, 3.63) is 28.7 Å². The average molecular weight is 190 g/mol. The number of hydrogen-bond acceptors (Lipinski definition) is 2. The first-order valence-electron chi connectivity index (χ1n) is 4.69. The number of rotatable bonds is 1. The van der Waals surface area contributed by atoms with Gasteiger partial charge in [-0.25, -0.2) is 4.79 Å². The van der Waals surface area contributed by atoms with Crippen molar-refractivity contribution in [2.45, 2.75) is 18.9 Å². The van der Waals surface area contributed by atoms with Gasteiger partial charge >= 0.3 is 5.69 Å². The number of phenols is 1. The Labute approximate surface area is 79.8 Å². The topological polar surface area (TPSA) is 58.0 Å². The van der Waals surface area contributed by atoms with Gasteiger partial charge in [-0.15, -0.1) is 0 Å². The second-order valence-corrected chi connectivity index (χ2v) is 3.73. The lowest BCUT2D eigenvalue weighted by Gasteiger charge is -1.98. The molecule has 14 heavy (non-hydrogen) atoms. The molecule has 2 aromatic rings. The first-order chi connectivity index (χ1) is 6.75. The second kappa shape index (κ2) is 2.41. The summed E-state index contributed by atoms with van der Waals surface area (Å²) in [6.07, 6.45) is 2.15. The van der Waals surface area contributed by atoms with Crippen molar-refractivity contribution in [1.29, 1.82) is 0 Å². The number of aromatic nitrogens is 2. The van der Waals surface area contributed by atoms with E-state index in [0.717, 1.165) is 18.4 Å². The Morgan fingerprint density at radius 1 is 1.43 bits per heavy atom. The Balaban J connectivity index is 2.37. The van der Waals surface area contributed by atoms with Gasteiger partial charge < -0.3 is 10.1 Å². The van der Waals surface area contributed by atoms with Crippen molar-refractivity contribution in [1.82, 2.24) is 9.55 Å². The summed E-state index contributed by atoms with van der Waals surface area (Å²) in [7, 11) is 0. The predicted molar refractivity (Wildman–Crippen MR) is 52.5 cm³/mol. The van der Waals surface area contributed by atoms with E-state index in [9.17, 15) is 9.90 Å². The number of hydrogen-bond donors (Lipinski definition) is 2. The Bertz CT molecular complexity index is 549. The normalized spacial score (nSPS) is 16.3. The zero-order valence-corrected chi connectivity index (χ0v) is 7.53. The molecule has 1 fully saturated rings. The van der Waals surface area contributed by atoms with Gasteiger partial charge in [0.15, 0.2) is 0 Å². The van der Waals surface area contributed by atoms with E-state index in [2.05, 4.69) is 4.98 Å². The summed E-state index contributed by atoms with van der Waals surface area (Å²) < 4.78 is 1.77. The minimum Gasteiger partial charge on any atom is -0.508 e. The molecule has 0 atom stereocenters. The Morgan fingerprint density at radius 3 is 2.93 bits per heavy atom. The molecule has 0 spiro atoms. The highest BCUT2D eigenvalue weighted by atomic mass is 16.3. The van der Waals surface area contributed by atoms with E-state index in [1.165, 1.54) is 0 Å². The summed E-state index contributed by atoms with van der Waals surface area (Å²) in [6, 6.07) is 5.33. The SMILES string of the molecule is O=c1[nH]c2cc(O)ccc2n1C1CC1. The summed E-state index contributed by atoms with van der Waals surface area (Å²) in [5.74, 6) is 0.182. The molecule has 1 aromatic heterocycles. The van der Waals surface area contributed by atoms with Crippen LogP contribution in [0.15, 0.2) is 23.0 Å². The summed E-state index contributed by atoms with van der Waals surface area (Å²) in [6.45, 7) is 0. The van der Waals surface area contributed by atoms with E-state index < -0.39 is 0 Å². The van der Waals surface area contributed by atoms with Crippen molar-refractivity contribution < 1.29 is 5.11 Å². The van der Waals surface area contributed by atoms with E-state index in [1.54, 1.807) is 22.8 Å². The van der Waals surface area contributed by atoms with Gasteiger partial charge in [0.1, 0.15) is 5.75 Å². The fourth-order valence-electron chi connectivity index (χ4n) is 1.81. The van der Waals surface area contributed by atoms with Crippen LogP contribution in [0.25, 0.3) is 11.0 Å². The maximum absolute atomic E-state index is 11.6. The van der Waals surface area contributed by atoms with Crippen molar-refractivity contribution in [3.63, 3.8) is 0 Å². The third-order valence-electron chi connectivity index (χ3n) is 2.61. The molecule has 0 bridgehead atoms. The molecule has 0 amide bonds. The molecule has 0 aliphatic heterocycles. The number of aromatic hydroxyl groups is 1. The molecule has 1 saturated carbocycles. The van der Waals surface area contributed by atoms with Gasteiger partial charge in [0.05, 0.1) is 11.0 Å². The van der Waals surface area contributed by atoms with Gasteiger partial charge in [-0.05, 0) is 25.0 Å². The fraction of sp³-hybridized carbons (Fsp3) is 0.300. The summed E-state index contributed by atoms with van der Waals surface area (Å²) in [5, 5.41) is 9.25. The number of aromatic amines is 1. The van der Waals surface area contributed by atoms with Crippen LogP contribution in [0.4, 0.5) is 0 Å². The zero-order valence-electron chi connectivity index (χ0n) is 7.53. The lowest BCUT2D eigenvalue weighted by Crippen LogP contribution is -2.14. The number of H-pyrrole nitrogens is 1. The maximum atomic E-state index is 11.6. The standard InChI is InChI=1S/C10H10N2O2/c13-7-3-4-9-8(5-7)11-10(14)12(9)6-1-2-6/h3-6,13H,1-2H2,(H,11,14). The smallest absolute Gasteiger partial charge is 0.326 e. The van der Waals surface area contributed by atoms with Gasteiger partial charge in [0, 0.05) is 12.1 Å². The number of imidazole rings is 1. The van der Waals surface area contributed by atoms with Crippen molar-refractivity contribution in [2.75, 3.05) is 0 Å². The van der Waals surface area contributed by atoms with Crippen LogP contribution < -0.4 is 5.69 Å². The van der Waals surface area contributed by atoms with Crippen molar-refractivity contribution in [3.8, 4) is 5.75 Å². The van der Waals surface area contributed by atoms with Crippen LogP contribution in [0, 0.1) is 0 Å². The van der Waals surface area contributed by atoms with Crippen LogP contribution in [0.3, 0.4) is 0 Å². The van der Waals surface area contributed by atoms with Crippen molar-refractivity contribution in [2.24, 2.45) is 0 Å². The summed E-state index contributed by atoms with van der Waals surface area (Å²) in [5.41, 5.74) is 1.52. The number of fused-ring (bicyclic) bond motifs is 1. The number of benzene rings is 1. The van der Waals surface area contributed by atoms with E-state index >= 15 is 0 Å². The molecule has 4 heteroatoms. The molecule has 4 nitrogen and oxygen atoms in total. The molecule has 0 saturated heterocycles. The van der Waals surface area contributed by atoms with Gasteiger partial charge in [0.2, 0.25) is 0 Å². The minimum atomic E-state index is -0.0758. The highest BCUT2D eigenvalue weighted by Crippen LogP contribution is 2.35. The molecule has 1 aliphatic rings. The maximum Gasteiger partial charge on any atom is 0.326 e. The molecule has 3 rings (SSSR count). The Morgan fingerprint density at radius 2 is 2.21 bits per heavy atom. The van der Waals surface area contributed by atoms with E-state index in [0.29, 0.717) is 11.6 Å².